The minimum atomic E-state index is -1.11. The first-order valence-corrected chi connectivity index (χ1v) is 6.08. The molecule has 1 aromatic carbocycles. The molecule has 1 atom stereocenters. The number of hydrogen-bond donors (Lipinski definition) is 1. The van der Waals surface area contributed by atoms with E-state index in [1.54, 1.807) is 0 Å². The highest BCUT2D eigenvalue weighted by Gasteiger charge is 2.16. The number of benzene rings is 1. The Balaban J connectivity index is 2.92. The van der Waals surface area contributed by atoms with E-state index in [4.69, 9.17) is 5.11 Å². The molecule has 0 saturated carbocycles. The molecule has 1 unspecified atom stereocenters. The number of nitrogens with zero attached hydrogens (tertiary/aromatic N) is 1. The second-order valence-corrected chi connectivity index (χ2v) is 5.06. The fraction of sp³-hybridized carbons (Fsp3) is 0.500. The lowest BCUT2D eigenvalue weighted by atomic mass is 10.0. The van der Waals surface area contributed by atoms with Gasteiger partial charge in [0, 0.05) is 13.1 Å². The maximum Gasteiger partial charge on any atom is 0.335 e. The van der Waals surface area contributed by atoms with Crippen LogP contribution in [0.15, 0.2) is 18.2 Å². The number of halogens is 1. The van der Waals surface area contributed by atoms with E-state index in [-0.39, 0.29) is 11.6 Å². The summed E-state index contributed by atoms with van der Waals surface area (Å²) in [6.07, 6.45) is 0.955. The molecule has 1 N–H and O–H groups in total. The predicted octanol–water partition coefficient (Wildman–Crippen LogP) is 3.39. The van der Waals surface area contributed by atoms with Crippen LogP contribution in [0.1, 0.15) is 37.6 Å². The number of carbonyl (C=O) groups is 1. The van der Waals surface area contributed by atoms with Gasteiger partial charge in [0.25, 0.3) is 0 Å². The fourth-order valence-corrected chi connectivity index (χ4v) is 2.00. The Labute approximate surface area is 107 Å². The van der Waals surface area contributed by atoms with E-state index in [9.17, 15) is 9.18 Å². The van der Waals surface area contributed by atoms with Crippen LogP contribution in [0.2, 0.25) is 0 Å². The summed E-state index contributed by atoms with van der Waals surface area (Å²) in [7, 11) is 1.83. The third-order valence-electron chi connectivity index (χ3n) is 3.05. The number of anilines is 1. The minimum absolute atomic E-state index is 0.0267. The molecular formula is C14H20FNO2. The molecule has 3 nitrogen and oxygen atoms in total. The Bertz CT molecular complexity index is 432. The summed E-state index contributed by atoms with van der Waals surface area (Å²) in [5.41, 5.74) is 0.411. The maximum absolute atomic E-state index is 13.9. The molecule has 0 aliphatic carbocycles. The average molecular weight is 253 g/mol. The third kappa shape index (κ3) is 3.45. The Hall–Kier alpha value is -1.58. The molecule has 0 radical (unpaired) electrons. The zero-order chi connectivity index (χ0) is 13.9. The van der Waals surface area contributed by atoms with Gasteiger partial charge in [0.1, 0.15) is 5.82 Å². The lowest BCUT2D eigenvalue weighted by molar-refractivity contribution is 0.0696. The van der Waals surface area contributed by atoms with Gasteiger partial charge in [-0.15, -0.1) is 0 Å². The van der Waals surface area contributed by atoms with Crippen LogP contribution in [-0.4, -0.2) is 24.2 Å². The zero-order valence-corrected chi connectivity index (χ0v) is 11.3. The lowest BCUT2D eigenvalue weighted by Gasteiger charge is -2.28. The molecule has 0 aromatic heterocycles. The summed E-state index contributed by atoms with van der Waals surface area (Å²) in [5.74, 6) is -1.07. The van der Waals surface area contributed by atoms with Crippen LogP contribution in [0.25, 0.3) is 0 Å². The van der Waals surface area contributed by atoms with Crippen LogP contribution in [-0.2, 0) is 0 Å². The molecule has 0 amide bonds. The molecule has 0 bridgehead atoms. The van der Waals surface area contributed by atoms with E-state index in [2.05, 4.69) is 13.8 Å². The van der Waals surface area contributed by atoms with E-state index in [1.165, 1.54) is 12.1 Å². The summed E-state index contributed by atoms with van der Waals surface area (Å²) in [4.78, 5) is 12.6. The van der Waals surface area contributed by atoms with Crippen molar-refractivity contribution in [1.82, 2.24) is 0 Å². The molecule has 1 rings (SSSR count). The molecule has 100 valence electrons. The third-order valence-corrected chi connectivity index (χ3v) is 3.05. The summed E-state index contributed by atoms with van der Waals surface area (Å²) in [5, 5.41) is 8.79. The molecule has 18 heavy (non-hydrogen) atoms. The van der Waals surface area contributed by atoms with Gasteiger partial charge in [-0.1, -0.05) is 13.8 Å². The minimum Gasteiger partial charge on any atom is -0.478 e. The SMILES string of the molecule is CC(C)CC(C)N(C)c1ccc(C(=O)O)cc1F. The van der Waals surface area contributed by atoms with Crippen LogP contribution in [0.4, 0.5) is 10.1 Å². The highest BCUT2D eigenvalue weighted by Crippen LogP contribution is 2.23. The summed E-state index contributed by atoms with van der Waals surface area (Å²) in [6, 6.07) is 4.22. The van der Waals surface area contributed by atoms with Crippen LogP contribution < -0.4 is 4.90 Å². The van der Waals surface area contributed by atoms with Gasteiger partial charge < -0.3 is 10.0 Å². The standard InChI is InChI=1S/C14H20FNO2/c1-9(2)7-10(3)16(4)13-6-5-11(14(17)18)8-12(13)15/h5-6,8-10H,7H2,1-4H3,(H,17,18). The number of carboxylic acids is 1. The van der Waals surface area contributed by atoms with Gasteiger partial charge in [-0.05, 0) is 37.5 Å². The van der Waals surface area contributed by atoms with Gasteiger partial charge in [0.15, 0.2) is 0 Å². The van der Waals surface area contributed by atoms with Gasteiger partial charge in [0.2, 0.25) is 0 Å². The largest absolute Gasteiger partial charge is 0.478 e. The van der Waals surface area contributed by atoms with Crippen molar-refractivity contribution in [3.05, 3.63) is 29.6 Å². The van der Waals surface area contributed by atoms with Crippen LogP contribution in [0.3, 0.4) is 0 Å². The molecule has 4 heteroatoms. The maximum atomic E-state index is 13.9. The van der Waals surface area contributed by atoms with E-state index < -0.39 is 11.8 Å². The highest BCUT2D eigenvalue weighted by atomic mass is 19.1. The van der Waals surface area contributed by atoms with Crippen molar-refractivity contribution in [2.45, 2.75) is 33.2 Å². The number of hydrogen-bond acceptors (Lipinski definition) is 2. The normalized spacial score (nSPS) is 12.6. The lowest BCUT2D eigenvalue weighted by Crippen LogP contribution is -2.30. The average Bonchev–Trinajstić information content (AvgIpc) is 2.26. The Morgan fingerprint density at radius 3 is 2.44 bits per heavy atom. The first-order chi connectivity index (χ1) is 8.32. The van der Waals surface area contributed by atoms with E-state index in [0.29, 0.717) is 11.6 Å². The number of carboxylic acid groups (broad SMARTS) is 1. The quantitative estimate of drug-likeness (QED) is 0.874. The first kappa shape index (κ1) is 14.5. The van der Waals surface area contributed by atoms with Gasteiger partial charge in [-0.3, -0.25) is 0 Å². The Kier molecular flexibility index (Phi) is 4.70. The van der Waals surface area contributed by atoms with E-state index in [1.807, 2.05) is 18.9 Å². The van der Waals surface area contributed by atoms with Gasteiger partial charge in [-0.25, -0.2) is 9.18 Å². The van der Waals surface area contributed by atoms with Crippen molar-refractivity contribution in [3.63, 3.8) is 0 Å². The second kappa shape index (κ2) is 5.85. The summed E-state index contributed by atoms with van der Waals surface area (Å²) >= 11 is 0. The number of aromatic carboxylic acids is 1. The highest BCUT2D eigenvalue weighted by molar-refractivity contribution is 5.88. The monoisotopic (exact) mass is 253 g/mol. The van der Waals surface area contributed by atoms with Crippen molar-refractivity contribution in [3.8, 4) is 0 Å². The van der Waals surface area contributed by atoms with Gasteiger partial charge in [0.05, 0.1) is 11.3 Å². The van der Waals surface area contributed by atoms with Crippen molar-refractivity contribution < 1.29 is 14.3 Å². The van der Waals surface area contributed by atoms with Crippen LogP contribution in [0.5, 0.6) is 0 Å². The Morgan fingerprint density at radius 2 is 2.00 bits per heavy atom. The van der Waals surface area contributed by atoms with Gasteiger partial charge in [-0.2, -0.15) is 0 Å². The molecule has 0 aliphatic heterocycles. The van der Waals surface area contributed by atoms with Crippen molar-refractivity contribution >= 4 is 11.7 Å². The molecular weight excluding hydrogens is 233 g/mol. The molecule has 0 heterocycles. The molecule has 0 saturated heterocycles. The van der Waals surface area contributed by atoms with Crippen LogP contribution in [0, 0.1) is 11.7 Å². The molecule has 0 aliphatic rings. The van der Waals surface area contributed by atoms with E-state index in [0.717, 1.165) is 12.5 Å². The van der Waals surface area contributed by atoms with Crippen molar-refractivity contribution in [2.75, 3.05) is 11.9 Å². The molecule has 0 spiro atoms. The summed E-state index contributed by atoms with van der Waals surface area (Å²) < 4.78 is 13.9. The zero-order valence-electron chi connectivity index (χ0n) is 11.3. The van der Waals surface area contributed by atoms with Crippen molar-refractivity contribution in [2.24, 2.45) is 5.92 Å². The van der Waals surface area contributed by atoms with Crippen LogP contribution >= 0.6 is 0 Å². The molecule has 1 aromatic rings. The van der Waals surface area contributed by atoms with E-state index >= 15 is 0 Å². The van der Waals surface area contributed by atoms with Gasteiger partial charge >= 0.3 is 5.97 Å². The fourth-order valence-electron chi connectivity index (χ4n) is 2.00. The molecule has 0 fully saturated rings. The first-order valence-electron chi connectivity index (χ1n) is 6.08. The van der Waals surface area contributed by atoms with Crippen molar-refractivity contribution in [1.29, 1.82) is 0 Å². The number of rotatable bonds is 5. The topological polar surface area (TPSA) is 40.5 Å². The smallest absolute Gasteiger partial charge is 0.335 e. The summed E-state index contributed by atoms with van der Waals surface area (Å²) in [6.45, 7) is 6.27. The second-order valence-electron chi connectivity index (χ2n) is 5.06. The Morgan fingerprint density at radius 1 is 1.39 bits per heavy atom. The predicted molar refractivity (Wildman–Crippen MR) is 70.7 cm³/mol.